The molecule has 0 amide bonds. The Labute approximate surface area is 213 Å². The molecule has 0 saturated heterocycles. The summed E-state index contributed by atoms with van der Waals surface area (Å²) in [4.78, 5) is 0. The summed E-state index contributed by atoms with van der Waals surface area (Å²) in [6, 6.07) is 0. The van der Waals surface area contributed by atoms with Crippen molar-refractivity contribution in [2.75, 3.05) is 0 Å². The van der Waals surface area contributed by atoms with Gasteiger partial charge in [0.2, 0.25) is 0 Å². The summed E-state index contributed by atoms with van der Waals surface area (Å²) in [6.07, 6.45) is 27.9. The van der Waals surface area contributed by atoms with Crippen molar-refractivity contribution >= 4 is 0 Å². The van der Waals surface area contributed by atoms with Crippen LogP contribution in [-0.2, 0) is 0 Å². The van der Waals surface area contributed by atoms with Crippen molar-refractivity contribution in [2.24, 2.45) is 46.8 Å². The smallest absolute Gasteiger partial charge is 0.0327 e. The maximum atomic E-state index is 3.77. The van der Waals surface area contributed by atoms with Gasteiger partial charge < -0.3 is 0 Å². The topological polar surface area (TPSA) is 0 Å². The molecule has 0 aliphatic heterocycles. The Hall–Kier alpha value is -0.880. The van der Waals surface area contributed by atoms with Gasteiger partial charge >= 0.3 is 0 Å². The third-order valence-corrected chi connectivity index (χ3v) is 10.8. The summed E-state index contributed by atoms with van der Waals surface area (Å²) < 4.78 is 0. The first-order valence-electron chi connectivity index (χ1n) is 15.5. The molecule has 4 fully saturated rings. The van der Waals surface area contributed by atoms with Gasteiger partial charge in [0.15, 0.2) is 0 Å². The Morgan fingerprint density at radius 2 is 0.941 bits per heavy atom. The van der Waals surface area contributed by atoms with E-state index >= 15 is 0 Å². The second kappa shape index (κ2) is 12.9. The standard InChI is InChI=1S/C34H54/c1-4-5-6-21-34(22-19-32(20-23-34)25-30-13-9-28(3)10-14-30)26-33-17-15-31(16-18-33)24-29-11-7-27(2)8-12-29/h27-33H,7-20,22-26H2,1-3H3. The van der Waals surface area contributed by atoms with Crippen molar-refractivity contribution in [2.45, 2.75) is 143 Å². The lowest BCUT2D eigenvalue weighted by molar-refractivity contribution is 0.121. The molecular formula is C34H54. The fraction of sp³-hybridized carbons (Fsp3) is 0.882. The molecule has 0 spiro atoms. The maximum absolute atomic E-state index is 3.77. The van der Waals surface area contributed by atoms with Crippen LogP contribution in [0.15, 0.2) is 0 Å². The zero-order valence-electron chi connectivity index (χ0n) is 23.0. The van der Waals surface area contributed by atoms with Crippen LogP contribution >= 0.6 is 0 Å². The fourth-order valence-corrected chi connectivity index (χ4v) is 8.37. The van der Waals surface area contributed by atoms with Gasteiger partial charge in [-0.25, -0.2) is 0 Å². The second-order valence-corrected chi connectivity index (χ2v) is 13.7. The van der Waals surface area contributed by atoms with Crippen molar-refractivity contribution in [3.05, 3.63) is 0 Å². The summed E-state index contributed by atoms with van der Waals surface area (Å²) in [7, 11) is 0. The van der Waals surface area contributed by atoms with E-state index in [1.807, 2.05) is 6.92 Å². The zero-order chi connectivity index (χ0) is 23.8. The summed E-state index contributed by atoms with van der Waals surface area (Å²) in [5, 5.41) is 0. The predicted molar refractivity (Wildman–Crippen MR) is 147 cm³/mol. The van der Waals surface area contributed by atoms with Gasteiger partial charge in [0.25, 0.3) is 0 Å². The minimum Gasteiger partial charge on any atom is -0.0925 e. The van der Waals surface area contributed by atoms with Crippen molar-refractivity contribution in [3.8, 4) is 23.7 Å². The Kier molecular flexibility index (Phi) is 9.93. The summed E-state index contributed by atoms with van der Waals surface area (Å²) >= 11 is 0. The molecule has 0 nitrogen and oxygen atoms in total. The van der Waals surface area contributed by atoms with Crippen LogP contribution in [0.25, 0.3) is 0 Å². The van der Waals surface area contributed by atoms with Crippen molar-refractivity contribution in [1.29, 1.82) is 0 Å². The lowest BCUT2D eigenvalue weighted by atomic mass is 9.63. The SMILES string of the molecule is CC#CC#CC1(CC2CCC(CC3CCC(C)CC3)CC2)CCC(CC2CCC(C)CC2)CC1. The summed E-state index contributed by atoms with van der Waals surface area (Å²) in [5.41, 5.74) is 0.276. The highest BCUT2D eigenvalue weighted by Gasteiger charge is 2.38. The van der Waals surface area contributed by atoms with Crippen LogP contribution in [0.2, 0.25) is 0 Å². The van der Waals surface area contributed by atoms with E-state index in [0.29, 0.717) is 0 Å². The van der Waals surface area contributed by atoms with Gasteiger partial charge in [0, 0.05) is 5.41 Å². The lowest BCUT2D eigenvalue weighted by Crippen LogP contribution is -2.31. The number of hydrogen-bond donors (Lipinski definition) is 0. The largest absolute Gasteiger partial charge is 0.0925 e. The Bertz CT molecular complexity index is 705. The molecule has 0 unspecified atom stereocenters. The van der Waals surface area contributed by atoms with E-state index in [1.54, 1.807) is 0 Å². The molecule has 4 aliphatic carbocycles. The molecule has 0 radical (unpaired) electrons. The molecule has 0 atom stereocenters. The first kappa shape index (κ1) is 26.2. The first-order chi connectivity index (χ1) is 16.5. The fourth-order valence-electron chi connectivity index (χ4n) is 8.37. The normalized spacial score (nSPS) is 41.0. The van der Waals surface area contributed by atoms with E-state index in [9.17, 15) is 0 Å². The average molecular weight is 463 g/mol. The van der Waals surface area contributed by atoms with Crippen LogP contribution < -0.4 is 0 Å². The minimum atomic E-state index is 0.276. The highest BCUT2D eigenvalue weighted by atomic mass is 14.4. The van der Waals surface area contributed by atoms with Crippen LogP contribution in [0.1, 0.15) is 143 Å². The van der Waals surface area contributed by atoms with Crippen LogP contribution in [0.4, 0.5) is 0 Å². The van der Waals surface area contributed by atoms with E-state index in [0.717, 1.165) is 41.4 Å². The molecule has 0 heterocycles. The second-order valence-electron chi connectivity index (χ2n) is 13.7. The van der Waals surface area contributed by atoms with E-state index in [2.05, 4.69) is 37.5 Å². The molecular weight excluding hydrogens is 408 g/mol. The Morgan fingerprint density at radius 1 is 0.529 bits per heavy atom. The zero-order valence-corrected chi connectivity index (χ0v) is 23.0. The monoisotopic (exact) mass is 462 g/mol. The maximum Gasteiger partial charge on any atom is 0.0327 e. The molecule has 0 heteroatoms. The van der Waals surface area contributed by atoms with E-state index in [-0.39, 0.29) is 5.41 Å². The number of hydrogen-bond acceptors (Lipinski definition) is 0. The van der Waals surface area contributed by atoms with Gasteiger partial charge in [-0.15, -0.1) is 0 Å². The van der Waals surface area contributed by atoms with Crippen molar-refractivity contribution < 1.29 is 0 Å². The molecule has 0 aromatic heterocycles. The molecule has 4 rings (SSSR count). The predicted octanol–water partition coefficient (Wildman–Crippen LogP) is 9.82. The number of rotatable bonds is 6. The highest BCUT2D eigenvalue weighted by molar-refractivity contribution is 5.29. The first-order valence-corrected chi connectivity index (χ1v) is 15.5. The van der Waals surface area contributed by atoms with Gasteiger partial charge in [-0.3, -0.25) is 0 Å². The molecule has 190 valence electrons. The van der Waals surface area contributed by atoms with Crippen LogP contribution in [0.5, 0.6) is 0 Å². The van der Waals surface area contributed by atoms with Crippen LogP contribution in [0, 0.1) is 70.5 Å². The highest BCUT2D eigenvalue weighted by Crippen LogP contribution is 2.49. The molecule has 34 heavy (non-hydrogen) atoms. The third kappa shape index (κ3) is 7.81. The molecule has 0 bridgehead atoms. The van der Waals surface area contributed by atoms with Crippen LogP contribution in [-0.4, -0.2) is 0 Å². The van der Waals surface area contributed by atoms with Gasteiger partial charge in [-0.05, 0) is 105 Å². The van der Waals surface area contributed by atoms with E-state index in [1.165, 1.54) is 122 Å². The Balaban J connectivity index is 1.25. The molecule has 4 aliphatic rings. The van der Waals surface area contributed by atoms with Gasteiger partial charge in [-0.2, -0.15) is 0 Å². The summed E-state index contributed by atoms with van der Waals surface area (Å²) in [6.45, 7) is 6.83. The third-order valence-electron chi connectivity index (χ3n) is 10.8. The van der Waals surface area contributed by atoms with Crippen molar-refractivity contribution in [3.63, 3.8) is 0 Å². The van der Waals surface area contributed by atoms with Gasteiger partial charge in [0.1, 0.15) is 0 Å². The quantitative estimate of drug-likeness (QED) is 0.344. The average Bonchev–Trinajstić information content (AvgIpc) is 2.85. The van der Waals surface area contributed by atoms with Gasteiger partial charge in [0.05, 0.1) is 0 Å². The van der Waals surface area contributed by atoms with Gasteiger partial charge in [-0.1, -0.05) is 103 Å². The molecule has 0 aromatic carbocycles. The lowest BCUT2D eigenvalue weighted by Gasteiger charge is -2.42. The summed E-state index contributed by atoms with van der Waals surface area (Å²) in [5.74, 6) is 20.1. The van der Waals surface area contributed by atoms with Crippen LogP contribution in [0.3, 0.4) is 0 Å². The van der Waals surface area contributed by atoms with E-state index in [4.69, 9.17) is 0 Å². The molecule has 0 aromatic rings. The van der Waals surface area contributed by atoms with Crippen molar-refractivity contribution in [1.82, 2.24) is 0 Å². The molecule has 4 saturated carbocycles. The minimum absolute atomic E-state index is 0.276. The Morgan fingerprint density at radius 3 is 1.41 bits per heavy atom. The molecule has 0 N–H and O–H groups in total. The van der Waals surface area contributed by atoms with E-state index < -0.39 is 0 Å².